The zero-order valence-corrected chi connectivity index (χ0v) is 24.4. The summed E-state index contributed by atoms with van der Waals surface area (Å²) in [6, 6.07) is 22.7. The number of anilines is 4. The molecule has 0 fully saturated rings. The van der Waals surface area contributed by atoms with Gasteiger partial charge in [0.05, 0.1) is 11.2 Å². The number of fused-ring (bicyclic) bond motifs is 1. The Kier molecular flexibility index (Phi) is 12.1. The number of pyridine rings is 1. The van der Waals surface area contributed by atoms with Gasteiger partial charge in [-0.25, -0.2) is 0 Å². The molecular weight excluding hydrogens is 500 g/mol. The topological polar surface area (TPSA) is 134 Å². The molecule has 0 bridgehead atoms. The molecule has 0 saturated heterocycles. The highest BCUT2D eigenvalue weighted by atomic mass is 16.1. The molecule has 1 aromatic heterocycles. The van der Waals surface area contributed by atoms with Gasteiger partial charge >= 0.3 is 0 Å². The minimum absolute atomic E-state index is 0.105. The van der Waals surface area contributed by atoms with E-state index in [0.29, 0.717) is 17.0 Å². The van der Waals surface area contributed by atoms with Crippen molar-refractivity contribution in [3.8, 4) is 0 Å². The first-order chi connectivity index (χ1) is 19.3. The summed E-state index contributed by atoms with van der Waals surface area (Å²) in [4.78, 5) is 19.3. The van der Waals surface area contributed by atoms with Crippen LogP contribution in [0.25, 0.3) is 10.9 Å². The minimum Gasteiger partial charge on any atom is -0.378 e. The largest absolute Gasteiger partial charge is 0.378 e. The minimum atomic E-state index is -0.204. The predicted molar refractivity (Wildman–Crippen MR) is 171 cm³/mol. The standard InChI is InChI=1S/C27H28N8O.2C2H6/c1-17(33-34-27(28)29)18-4-8-21(9-5-18)32-26(36)19-6-10-20(11-7-19)31-25-14-15-30-24-13-12-22(35(2)3)16-23(24)25;2*1-2/h4-16H,1-3H3,(H,30,31)(H,32,36)(H4,28,29,34);2*1-2H3/b33-17+;;. The molecule has 9 heteroatoms. The summed E-state index contributed by atoms with van der Waals surface area (Å²) >= 11 is 0. The summed E-state index contributed by atoms with van der Waals surface area (Å²) in [5, 5.41) is 15.0. The quantitative estimate of drug-likeness (QED) is 0.123. The van der Waals surface area contributed by atoms with Crippen molar-refractivity contribution in [2.24, 2.45) is 21.7 Å². The molecule has 210 valence electrons. The van der Waals surface area contributed by atoms with Crippen molar-refractivity contribution >= 4 is 51.2 Å². The fourth-order valence-electron chi connectivity index (χ4n) is 3.57. The van der Waals surface area contributed by atoms with Gasteiger partial charge in [-0.3, -0.25) is 9.78 Å². The van der Waals surface area contributed by atoms with Crippen molar-refractivity contribution in [3.63, 3.8) is 0 Å². The van der Waals surface area contributed by atoms with Crippen LogP contribution < -0.4 is 27.0 Å². The second-order valence-electron chi connectivity index (χ2n) is 8.40. The number of nitrogens with two attached hydrogens (primary N) is 2. The summed E-state index contributed by atoms with van der Waals surface area (Å²) in [5.74, 6) is -0.308. The van der Waals surface area contributed by atoms with E-state index in [1.807, 2.05) is 84.3 Å². The molecule has 4 aromatic rings. The average molecular weight is 541 g/mol. The maximum atomic E-state index is 12.7. The van der Waals surface area contributed by atoms with Gasteiger partial charge in [0.25, 0.3) is 5.91 Å². The smallest absolute Gasteiger partial charge is 0.255 e. The Morgan fingerprint density at radius 3 is 2.00 bits per heavy atom. The van der Waals surface area contributed by atoms with Crippen molar-refractivity contribution in [3.05, 3.63) is 90.1 Å². The van der Waals surface area contributed by atoms with Crippen LogP contribution >= 0.6 is 0 Å². The summed E-state index contributed by atoms with van der Waals surface area (Å²) in [5.41, 5.74) is 17.1. The van der Waals surface area contributed by atoms with Gasteiger partial charge in [-0.1, -0.05) is 39.8 Å². The van der Waals surface area contributed by atoms with Crippen LogP contribution in [-0.4, -0.2) is 36.7 Å². The normalized spacial score (nSPS) is 10.3. The van der Waals surface area contributed by atoms with Gasteiger partial charge < -0.3 is 27.0 Å². The first-order valence-corrected chi connectivity index (χ1v) is 13.3. The van der Waals surface area contributed by atoms with Gasteiger partial charge in [-0.15, -0.1) is 5.10 Å². The van der Waals surface area contributed by atoms with Crippen molar-refractivity contribution in [2.75, 3.05) is 29.6 Å². The average Bonchev–Trinajstić information content (AvgIpc) is 2.98. The molecule has 4 rings (SSSR count). The lowest BCUT2D eigenvalue weighted by atomic mass is 10.1. The molecule has 0 aliphatic rings. The Balaban J connectivity index is 0.00000134. The summed E-state index contributed by atoms with van der Waals surface area (Å²) in [6.07, 6.45) is 1.78. The lowest BCUT2D eigenvalue weighted by Gasteiger charge is -2.15. The molecule has 0 aliphatic carbocycles. The summed E-state index contributed by atoms with van der Waals surface area (Å²) in [6.45, 7) is 9.80. The Bertz CT molecular complexity index is 1440. The van der Waals surface area contributed by atoms with E-state index in [0.717, 1.165) is 33.5 Å². The van der Waals surface area contributed by atoms with Gasteiger partial charge in [0.2, 0.25) is 5.96 Å². The van der Waals surface area contributed by atoms with Crippen molar-refractivity contribution in [1.29, 1.82) is 0 Å². The number of nitrogens with zero attached hydrogens (tertiary/aromatic N) is 4. The predicted octanol–water partition coefficient (Wildman–Crippen LogP) is 6.35. The Hall–Kier alpha value is -4.92. The highest BCUT2D eigenvalue weighted by Crippen LogP contribution is 2.28. The Morgan fingerprint density at radius 1 is 0.800 bits per heavy atom. The van der Waals surface area contributed by atoms with E-state index >= 15 is 0 Å². The maximum Gasteiger partial charge on any atom is 0.255 e. The van der Waals surface area contributed by atoms with Crippen LogP contribution in [0.3, 0.4) is 0 Å². The van der Waals surface area contributed by atoms with E-state index in [1.165, 1.54) is 0 Å². The zero-order chi connectivity index (χ0) is 29.7. The first-order valence-electron chi connectivity index (χ1n) is 13.3. The fraction of sp³-hybridized carbons (Fsp3) is 0.226. The lowest BCUT2D eigenvalue weighted by molar-refractivity contribution is 0.102. The number of hydrogen-bond donors (Lipinski definition) is 4. The van der Waals surface area contributed by atoms with E-state index in [2.05, 4.69) is 36.8 Å². The maximum absolute atomic E-state index is 12.7. The van der Waals surface area contributed by atoms with Crippen LogP contribution in [0.2, 0.25) is 0 Å². The van der Waals surface area contributed by atoms with E-state index in [9.17, 15) is 4.79 Å². The summed E-state index contributed by atoms with van der Waals surface area (Å²) < 4.78 is 0. The van der Waals surface area contributed by atoms with E-state index in [4.69, 9.17) is 11.5 Å². The highest BCUT2D eigenvalue weighted by molar-refractivity contribution is 6.05. The molecule has 1 heterocycles. The Morgan fingerprint density at radius 2 is 1.40 bits per heavy atom. The SMILES string of the molecule is C/C(=N\N=C(N)N)c1ccc(NC(=O)c2ccc(Nc3ccnc4ccc(N(C)C)cc34)cc2)cc1.CC.CC. The Labute approximate surface area is 237 Å². The second-order valence-corrected chi connectivity index (χ2v) is 8.40. The molecular formula is C31H40N8O. The number of rotatable bonds is 7. The third kappa shape index (κ3) is 8.56. The molecule has 6 N–H and O–H groups in total. The number of benzene rings is 3. The van der Waals surface area contributed by atoms with Crippen LogP contribution in [-0.2, 0) is 0 Å². The van der Waals surface area contributed by atoms with Crippen LogP contribution in [0.1, 0.15) is 50.5 Å². The van der Waals surface area contributed by atoms with Crippen molar-refractivity contribution in [1.82, 2.24) is 4.98 Å². The number of amides is 1. The third-order valence-corrected chi connectivity index (χ3v) is 5.54. The molecule has 0 spiro atoms. The highest BCUT2D eigenvalue weighted by Gasteiger charge is 2.09. The molecule has 40 heavy (non-hydrogen) atoms. The molecule has 9 nitrogen and oxygen atoms in total. The molecule has 1 amide bonds. The molecule has 0 atom stereocenters. The van der Waals surface area contributed by atoms with Crippen molar-refractivity contribution in [2.45, 2.75) is 34.6 Å². The number of nitrogens with one attached hydrogen (secondary N) is 2. The van der Waals surface area contributed by atoms with Crippen LogP contribution in [0.5, 0.6) is 0 Å². The monoisotopic (exact) mass is 540 g/mol. The van der Waals surface area contributed by atoms with E-state index in [-0.39, 0.29) is 11.9 Å². The van der Waals surface area contributed by atoms with Gasteiger partial charge in [0, 0.05) is 54.0 Å². The first kappa shape index (κ1) is 31.3. The van der Waals surface area contributed by atoms with E-state index in [1.54, 1.807) is 37.4 Å². The summed E-state index contributed by atoms with van der Waals surface area (Å²) in [7, 11) is 4.01. The van der Waals surface area contributed by atoms with Gasteiger partial charge in [0.1, 0.15) is 0 Å². The lowest BCUT2D eigenvalue weighted by Crippen LogP contribution is -2.22. The molecule has 0 radical (unpaired) electrons. The van der Waals surface area contributed by atoms with Crippen LogP contribution in [0.15, 0.2) is 89.2 Å². The number of carbonyl (C=O) groups is 1. The molecule has 3 aromatic carbocycles. The number of aromatic nitrogens is 1. The van der Waals surface area contributed by atoms with Crippen LogP contribution in [0.4, 0.5) is 22.7 Å². The third-order valence-electron chi connectivity index (χ3n) is 5.54. The van der Waals surface area contributed by atoms with Crippen LogP contribution in [0, 0.1) is 0 Å². The molecule has 0 saturated carbocycles. The second kappa shape index (κ2) is 15.5. The van der Waals surface area contributed by atoms with Gasteiger partial charge in [-0.05, 0) is 73.2 Å². The van der Waals surface area contributed by atoms with Crippen molar-refractivity contribution < 1.29 is 4.79 Å². The van der Waals surface area contributed by atoms with Gasteiger partial charge in [0.15, 0.2) is 0 Å². The van der Waals surface area contributed by atoms with E-state index < -0.39 is 0 Å². The molecule has 0 aliphatic heterocycles. The number of hydrogen-bond acceptors (Lipinski definition) is 6. The molecule has 0 unspecified atom stereocenters. The van der Waals surface area contributed by atoms with Gasteiger partial charge in [-0.2, -0.15) is 5.10 Å². The number of carbonyl (C=O) groups excluding carboxylic acids is 1. The number of guanidine groups is 1. The zero-order valence-electron chi connectivity index (χ0n) is 24.4. The fourth-order valence-corrected chi connectivity index (χ4v) is 3.57.